The average molecular weight is 154 g/mol. The first-order chi connectivity index (χ1) is 5.07. The van der Waals surface area contributed by atoms with Gasteiger partial charge in [0.15, 0.2) is 0 Å². The zero-order chi connectivity index (χ0) is 8.85. The molecule has 1 radical (unpaired) electrons. The number of hydrogen-bond donors (Lipinski definition) is 1. The molecule has 11 heavy (non-hydrogen) atoms. The summed E-state index contributed by atoms with van der Waals surface area (Å²) in [6, 6.07) is 0. The van der Waals surface area contributed by atoms with Gasteiger partial charge in [-0.25, -0.2) is 0 Å². The molecule has 2 nitrogen and oxygen atoms in total. The molecule has 0 aliphatic heterocycles. The van der Waals surface area contributed by atoms with Gasteiger partial charge in [-0.15, -0.1) is 0 Å². The Morgan fingerprint density at radius 1 is 1.64 bits per heavy atom. The molecular weight excluding hydrogens is 138 g/mol. The minimum atomic E-state index is -0.0990. The Hall–Kier alpha value is -0.790. The summed E-state index contributed by atoms with van der Waals surface area (Å²) in [5.74, 6) is 1.67. The van der Waals surface area contributed by atoms with Crippen LogP contribution >= 0.6 is 0 Å². The second-order valence-corrected chi connectivity index (χ2v) is 2.93. The van der Waals surface area contributed by atoms with Crippen molar-refractivity contribution >= 4 is 5.91 Å². The molecule has 0 aromatic carbocycles. The molecule has 0 aromatic rings. The lowest BCUT2D eigenvalue weighted by Crippen LogP contribution is -2.27. The average Bonchev–Trinajstić information content (AvgIpc) is 1.99. The molecule has 0 fully saturated rings. The second kappa shape index (κ2) is 4.94. The maximum Gasteiger partial charge on any atom is 0.243 e. The van der Waals surface area contributed by atoms with Crippen LogP contribution in [0.15, 0.2) is 12.7 Å². The van der Waals surface area contributed by atoms with E-state index in [4.69, 9.17) is 0 Å². The fraction of sp³-hybridized carbons (Fsp3) is 0.556. The third kappa shape index (κ3) is 4.59. The molecule has 0 aliphatic carbocycles. The van der Waals surface area contributed by atoms with Crippen molar-refractivity contribution in [2.75, 3.05) is 6.54 Å². The van der Waals surface area contributed by atoms with Crippen molar-refractivity contribution in [1.29, 1.82) is 0 Å². The topological polar surface area (TPSA) is 29.1 Å². The van der Waals surface area contributed by atoms with Gasteiger partial charge in [0.1, 0.15) is 0 Å². The molecule has 63 valence electrons. The second-order valence-electron chi connectivity index (χ2n) is 2.93. The van der Waals surface area contributed by atoms with Crippen molar-refractivity contribution < 1.29 is 4.79 Å². The third-order valence-corrected chi connectivity index (χ3v) is 1.75. The lowest BCUT2D eigenvalue weighted by molar-refractivity contribution is -0.116. The molecule has 1 N–H and O–H groups in total. The van der Waals surface area contributed by atoms with Crippen LogP contribution in [-0.2, 0) is 4.79 Å². The van der Waals surface area contributed by atoms with Gasteiger partial charge in [0.05, 0.1) is 0 Å². The van der Waals surface area contributed by atoms with E-state index in [1.54, 1.807) is 0 Å². The van der Waals surface area contributed by atoms with E-state index in [0.29, 0.717) is 12.5 Å². The first-order valence-electron chi connectivity index (χ1n) is 3.78. The zero-order valence-corrected chi connectivity index (χ0v) is 7.48. The highest BCUT2D eigenvalue weighted by molar-refractivity contribution is 5.86. The molecular formula is C9H16NO. The minimum Gasteiger partial charge on any atom is -0.352 e. The van der Waals surface area contributed by atoms with E-state index in [1.807, 2.05) is 0 Å². The fourth-order valence-electron chi connectivity index (χ4n) is 0.530. The summed E-state index contributed by atoms with van der Waals surface area (Å²) in [5.41, 5.74) is 0. The number of rotatable bonds is 4. The van der Waals surface area contributed by atoms with Gasteiger partial charge in [0.2, 0.25) is 5.91 Å². The monoisotopic (exact) mass is 154 g/mol. The summed E-state index contributed by atoms with van der Waals surface area (Å²) in [7, 11) is 0. The standard InChI is InChI=1S/C9H16NO/c1-5-9(11)10-6-8(4)7(2)3/h5,8H,1,6H2,2-4H3,(H,10,11). The highest BCUT2D eigenvalue weighted by Gasteiger charge is 2.07. The van der Waals surface area contributed by atoms with Crippen molar-refractivity contribution in [3.8, 4) is 0 Å². The number of amides is 1. The molecule has 0 saturated carbocycles. The Morgan fingerprint density at radius 2 is 2.18 bits per heavy atom. The van der Waals surface area contributed by atoms with Crippen LogP contribution in [0.4, 0.5) is 0 Å². The maximum absolute atomic E-state index is 10.7. The van der Waals surface area contributed by atoms with Crippen LogP contribution < -0.4 is 5.32 Å². The van der Waals surface area contributed by atoms with Crippen LogP contribution in [0, 0.1) is 11.8 Å². The van der Waals surface area contributed by atoms with Crippen LogP contribution in [0.1, 0.15) is 20.8 Å². The van der Waals surface area contributed by atoms with Crippen molar-refractivity contribution in [2.24, 2.45) is 5.92 Å². The summed E-state index contributed by atoms with van der Waals surface area (Å²) in [5, 5.41) is 2.74. The van der Waals surface area contributed by atoms with Gasteiger partial charge in [-0.1, -0.05) is 27.4 Å². The summed E-state index contributed by atoms with van der Waals surface area (Å²) < 4.78 is 0. The van der Waals surface area contributed by atoms with Crippen LogP contribution in [0.25, 0.3) is 0 Å². The Kier molecular flexibility index (Phi) is 4.59. The number of hydrogen-bond acceptors (Lipinski definition) is 1. The van der Waals surface area contributed by atoms with E-state index < -0.39 is 0 Å². The molecule has 0 saturated heterocycles. The molecule has 0 bridgehead atoms. The highest BCUT2D eigenvalue weighted by Crippen LogP contribution is 2.09. The largest absolute Gasteiger partial charge is 0.352 e. The normalized spacial score (nSPS) is 12.7. The molecule has 0 spiro atoms. The Labute approximate surface area is 68.7 Å². The molecule has 1 amide bonds. The lowest BCUT2D eigenvalue weighted by Gasteiger charge is -2.14. The predicted molar refractivity (Wildman–Crippen MR) is 47.0 cm³/mol. The predicted octanol–water partition coefficient (Wildman–Crippen LogP) is 1.54. The molecule has 0 rings (SSSR count). The van der Waals surface area contributed by atoms with Crippen molar-refractivity contribution in [3.05, 3.63) is 18.6 Å². The summed E-state index contributed by atoms with van der Waals surface area (Å²) in [4.78, 5) is 10.7. The smallest absolute Gasteiger partial charge is 0.243 e. The third-order valence-electron chi connectivity index (χ3n) is 1.75. The molecule has 0 aliphatic rings. The first-order valence-corrected chi connectivity index (χ1v) is 3.78. The highest BCUT2D eigenvalue weighted by atomic mass is 16.1. The molecule has 1 unspecified atom stereocenters. The van der Waals surface area contributed by atoms with E-state index in [0.717, 1.165) is 0 Å². The van der Waals surface area contributed by atoms with E-state index >= 15 is 0 Å². The van der Waals surface area contributed by atoms with Gasteiger partial charge < -0.3 is 5.32 Å². The van der Waals surface area contributed by atoms with Crippen molar-refractivity contribution in [2.45, 2.75) is 20.8 Å². The molecule has 1 atom stereocenters. The lowest BCUT2D eigenvalue weighted by atomic mass is 9.98. The van der Waals surface area contributed by atoms with Crippen LogP contribution in [0.2, 0.25) is 0 Å². The molecule has 0 heterocycles. The maximum atomic E-state index is 10.7. The first kappa shape index (κ1) is 10.2. The Bertz CT molecular complexity index is 140. The Morgan fingerprint density at radius 3 is 2.55 bits per heavy atom. The summed E-state index contributed by atoms with van der Waals surface area (Å²) in [6.45, 7) is 10.3. The van der Waals surface area contributed by atoms with E-state index in [-0.39, 0.29) is 5.91 Å². The van der Waals surface area contributed by atoms with E-state index in [1.165, 1.54) is 12.0 Å². The number of carbonyl (C=O) groups is 1. The zero-order valence-electron chi connectivity index (χ0n) is 7.48. The number of carbonyl (C=O) groups excluding carboxylic acids is 1. The number of nitrogens with one attached hydrogen (secondary N) is 1. The van der Waals surface area contributed by atoms with Crippen LogP contribution in [-0.4, -0.2) is 12.5 Å². The van der Waals surface area contributed by atoms with Gasteiger partial charge in [0, 0.05) is 6.54 Å². The molecule has 0 aromatic heterocycles. The van der Waals surface area contributed by atoms with E-state index in [2.05, 4.69) is 32.7 Å². The van der Waals surface area contributed by atoms with Gasteiger partial charge in [-0.2, -0.15) is 0 Å². The minimum absolute atomic E-state index is 0.0990. The van der Waals surface area contributed by atoms with E-state index in [9.17, 15) is 4.79 Å². The van der Waals surface area contributed by atoms with Gasteiger partial charge in [-0.3, -0.25) is 4.79 Å². The molecule has 2 heteroatoms. The van der Waals surface area contributed by atoms with Crippen molar-refractivity contribution in [3.63, 3.8) is 0 Å². The van der Waals surface area contributed by atoms with Gasteiger partial charge >= 0.3 is 0 Å². The summed E-state index contributed by atoms with van der Waals surface area (Å²) in [6.07, 6.45) is 1.29. The van der Waals surface area contributed by atoms with Crippen LogP contribution in [0.5, 0.6) is 0 Å². The SMILES string of the molecule is C=CC(=O)NCC(C)[C](C)C. The Balaban J connectivity index is 3.53. The summed E-state index contributed by atoms with van der Waals surface area (Å²) >= 11 is 0. The van der Waals surface area contributed by atoms with Crippen LogP contribution in [0.3, 0.4) is 0 Å². The van der Waals surface area contributed by atoms with Gasteiger partial charge in [0.25, 0.3) is 0 Å². The van der Waals surface area contributed by atoms with Gasteiger partial charge in [-0.05, 0) is 17.9 Å². The fourth-order valence-corrected chi connectivity index (χ4v) is 0.530. The quantitative estimate of drug-likeness (QED) is 0.611. The van der Waals surface area contributed by atoms with Crippen molar-refractivity contribution in [1.82, 2.24) is 5.32 Å².